The van der Waals surface area contributed by atoms with Crippen LogP contribution in [-0.4, -0.2) is 15.2 Å². The van der Waals surface area contributed by atoms with Gasteiger partial charge in [-0.2, -0.15) is 13.2 Å². The Balaban J connectivity index is 2.57. The first kappa shape index (κ1) is 10.8. The van der Waals surface area contributed by atoms with E-state index in [4.69, 9.17) is 5.73 Å². The summed E-state index contributed by atoms with van der Waals surface area (Å²) in [5.74, 6) is 0. The minimum Gasteiger partial charge on any atom is -0.374 e. The molecule has 0 saturated carbocycles. The molecule has 2 rings (SSSR count). The molecule has 0 aliphatic heterocycles. The van der Waals surface area contributed by atoms with Crippen LogP contribution in [0.3, 0.4) is 0 Å². The standard InChI is InChI=1S/C8H5F3N4S/c9-8(10,11)4-2-1-3-13-5(4)6-14-15-7(12)16-6/h1-3H,(H2,12,15). The van der Waals surface area contributed by atoms with E-state index in [-0.39, 0.29) is 15.8 Å². The van der Waals surface area contributed by atoms with Crippen LogP contribution in [0, 0.1) is 0 Å². The summed E-state index contributed by atoms with van der Waals surface area (Å²) >= 11 is 0.864. The van der Waals surface area contributed by atoms with Crippen molar-refractivity contribution in [2.75, 3.05) is 5.73 Å². The number of nitrogens with two attached hydrogens (primary N) is 1. The molecule has 16 heavy (non-hydrogen) atoms. The maximum absolute atomic E-state index is 12.6. The van der Waals surface area contributed by atoms with Crippen LogP contribution < -0.4 is 5.73 Å². The Labute approximate surface area is 92.0 Å². The summed E-state index contributed by atoms with van der Waals surface area (Å²) in [4.78, 5) is 3.66. The third-order valence-corrected chi connectivity index (χ3v) is 2.52. The number of hydrogen-bond acceptors (Lipinski definition) is 5. The van der Waals surface area contributed by atoms with Crippen molar-refractivity contribution in [1.29, 1.82) is 0 Å². The van der Waals surface area contributed by atoms with Crippen molar-refractivity contribution in [3.05, 3.63) is 23.9 Å². The summed E-state index contributed by atoms with van der Waals surface area (Å²) in [7, 11) is 0. The number of hydrogen-bond donors (Lipinski definition) is 1. The molecule has 0 aromatic carbocycles. The molecule has 0 amide bonds. The molecular formula is C8H5F3N4S. The molecule has 0 atom stereocenters. The molecule has 0 radical (unpaired) electrons. The van der Waals surface area contributed by atoms with Gasteiger partial charge >= 0.3 is 6.18 Å². The van der Waals surface area contributed by atoms with Gasteiger partial charge in [0.25, 0.3) is 0 Å². The summed E-state index contributed by atoms with van der Waals surface area (Å²) in [6.45, 7) is 0. The third kappa shape index (κ3) is 1.96. The molecule has 0 spiro atoms. The van der Waals surface area contributed by atoms with Gasteiger partial charge in [0.15, 0.2) is 5.01 Å². The van der Waals surface area contributed by atoms with E-state index >= 15 is 0 Å². The van der Waals surface area contributed by atoms with Crippen LogP contribution in [0.4, 0.5) is 18.3 Å². The molecule has 0 fully saturated rings. The van der Waals surface area contributed by atoms with Gasteiger partial charge in [0.05, 0.1) is 5.56 Å². The van der Waals surface area contributed by atoms with Crippen molar-refractivity contribution in [1.82, 2.24) is 15.2 Å². The Hall–Kier alpha value is -1.70. The van der Waals surface area contributed by atoms with Crippen molar-refractivity contribution in [3.63, 3.8) is 0 Å². The molecule has 4 nitrogen and oxygen atoms in total. The summed E-state index contributed by atoms with van der Waals surface area (Å²) in [5, 5.41) is 7.16. The van der Waals surface area contributed by atoms with Gasteiger partial charge in [0.2, 0.25) is 5.13 Å². The van der Waals surface area contributed by atoms with E-state index in [1.54, 1.807) is 0 Å². The number of halogens is 3. The van der Waals surface area contributed by atoms with E-state index in [1.165, 1.54) is 12.3 Å². The van der Waals surface area contributed by atoms with Crippen LogP contribution in [0.5, 0.6) is 0 Å². The maximum Gasteiger partial charge on any atom is 0.418 e. The first-order valence-electron chi connectivity index (χ1n) is 4.10. The van der Waals surface area contributed by atoms with Gasteiger partial charge < -0.3 is 5.73 Å². The Morgan fingerprint density at radius 1 is 1.25 bits per heavy atom. The molecule has 0 saturated heterocycles. The van der Waals surface area contributed by atoms with E-state index in [0.717, 1.165) is 17.4 Å². The second-order valence-corrected chi connectivity index (χ2v) is 3.85. The zero-order valence-corrected chi connectivity index (χ0v) is 8.51. The van der Waals surface area contributed by atoms with Crippen molar-refractivity contribution in [2.45, 2.75) is 6.18 Å². The molecule has 0 aliphatic carbocycles. The van der Waals surface area contributed by atoms with E-state index < -0.39 is 11.7 Å². The normalized spacial score (nSPS) is 11.7. The van der Waals surface area contributed by atoms with E-state index in [1.807, 2.05) is 0 Å². The number of nitrogens with zero attached hydrogens (tertiary/aromatic N) is 3. The van der Waals surface area contributed by atoms with Gasteiger partial charge in [-0.05, 0) is 12.1 Å². The van der Waals surface area contributed by atoms with Gasteiger partial charge in [-0.3, -0.25) is 4.98 Å². The van der Waals surface area contributed by atoms with Crippen LogP contribution >= 0.6 is 11.3 Å². The van der Waals surface area contributed by atoms with Gasteiger partial charge in [0, 0.05) is 6.20 Å². The third-order valence-electron chi connectivity index (χ3n) is 1.76. The van der Waals surface area contributed by atoms with Crippen LogP contribution in [-0.2, 0) is 6.18 Å². The monoisotopic (exact) mass is 246 g/mol. The van der Waals surface area contributed by atoms with Gasteiger partial charge in [-0.25, -0.2) is 0 Å². The summed E-state index contributed by atoms with van der Waals surface area (Å²) < 4.78 is 37.9. The minimum atomic E-state index is -4.47. The first-order valence-corrected chi connectivity index (χ1v) is 4.91. The lowest BCUT2D eigenvalue weighted by atomic mass is 10.2. The lowest BCUT2D eigenvalue weighted by Gasteiger charge is -2.08. The van der Waals surface area contributed by atoms with Gasteiger partial charge in [-0.15, -0.1) is 10.2 Å². The largest absolute Gasteiger partial charge is 0.418 e. The molecule has 84 valence electrons. The van der Waals surface area contributed by atoms with Crippen molar-refractivity contribution in [2.24, 2.45) is 0 Å². The highest BCUT2D eigenvalue weighted by Crippen LogP contribution is 2.36. The lowest BCUT2D eigenvalue weighted by Crippen LogP contribution is -2.08. The molecule has 2 aromatic heterocycles. The number of aromatic nitrogens is 3. The number of nitrogen functional groups attached to an aromatic ring is 1. The SMILES string of the molecule is Nc1nnc(-c2ncccc2C(F)(F)F)s1. The van der Waals surface area contributed by atoms with Gasteiger partial charge in [-0.1, -0.05) is 11.3 Å². The Bertz CT molecular complexity index is 508. The molecule has 0 aliphatic rings. The first-order chi connectivity index (χ1) is 7.48. The molecule has 0 unspecified atom stereocenters. The highest BCUT2D eigenvalue weighted by molar-refractivity contribution is 7.18. The highest BCUT2D eigenvalue weighted by atomic mass is 32.1. The Kier molecular flexibility index (Phi) is 2.50. The van der Waals surface area contributed by atoms with E-state index in [0.29, 0.717) is 0 Å². The minimum absolute atomic E-state index is 0.0606. The van der Waals surface area contributed by atoms with Crippen molar-refractivity contribution in [3.8, 4) is 10.7 Å². The summed E-state index contributed by atoms with van der Waals surface area (Å²) in [6, 6.07) is 2.16. The van der Waals surface area contributed by atoms with Crippen LogP contribution in [0.2, 0.25) is 0 Å². The fraction of sp³-hybridized carbons (Fsp3) is 0.125. The maximum atomic E-state index is 12.6. The Morgan fingerprint density at radius 2 is 2.00 bits per heavy atom. The average molecular weight is 246 g/mol. The zero-order chi connectivity index (χ0) is 11.8. The second-order valence-electron chi connectivity index (χ2n) is 2.84. The van der Waals surface area contributed by atoms with Crippen LogP contribution in [0.1, 0.15) is 5.56 Å². The smallest absolute Gasteiger partial charge is 0.374 e. The summed E-state index contributed by atoms with van der Waals surface area (Å²) in [6.07, 6.45) is -3.20. The van der Waals surface area contributed by atoms with Crippen molar-refractivity contribution >= 4 is 16.5 Å². The quantitative estimate of drug-likeness (QED) is 0.837. The van der Waals surface area contributed by atoms with E-state index in [9.17, 15) is 13.2 Å². The molecular weight excluding hydrogens is 241 g/mol. The Morgan fingerprint density at radius 3 is 2.56 bits per heavy atom. The molecule has 2 aromatic rings. The number of anilines is 1. The van der Waals surface area contributed by atoms with Crippen LogP contribution in [0.25, 0.3) is 10.7 Å². The zero-order valence-electron chi connectivity index (χ0n) is 7.69. The number of rotatable bonds is 1. The highest BCUT2D eigenvalue weighted by Gasteiger charge is 2.35. The lowest BCUT2D eigenvalue weighted by molar-refractivity contribution is -0.137. The van der Waals surface area contributed by atoms with Crippen LogP contribution in [0.15, 0.2) is 18.3 Å². The molecule has 8 heteroatoms. The topological polar surface area (TPSA) is 64.7 Å². The molecule has 2 N–H and O–H groups in total. The molecule has 2 heterocycles. The fourth-order valence-corrected chi connectivity index (χ4v) is 1.76. The van der Waals surface area contributed by atoms with E-state index in [2.05, 4.69) is 15.2 Å². The molecule has 0 bridgehead atoms. The fourth-order valence-electron chi connectivity index (χ4n) is 1.13. The predicted molar refractivity (Wildman–Crippen MR) is 52.6 cm³/mol. The summed E-state index contributed by atoms with van der Waals surface area (Å²) in [5.41, 5.74) is 4.22. The predicted octanol–water partition coefficient (Wildman–Crippen LogP) is 2.20. The second kappa shape index (κ2) is 3.71. The number of pyridine rings is 1. The average Bonchev–Trinajstić information content (AvgIpc) is 2.64. The van der Waals surface area contributed by atoms with Gasteiger partial charge in [0.1, 0.15) is 5.69 Å². The number of alkyl halides is 3. The van der Waals surface area contributed by atoms with Crippen molar-refractivity contribution < 1.29 is 13.2 Å².